The Hall–Kier alpha value is -1.06. The Balaban J connectivity index is 2.57. The lowest BCUT2D eigenvalue weighted by atomic mass is 9.92. The molecule has 2 N–H and O–H groups in total. The number of carbonyl (C=O) groups is 2. The molecule has 1 unspecified atom stereocenters. The van der Waals surface area contributed by atoms with E-state index in [1.165, 1.54) is 0 Å². The molecule has 1 rings (SSSR count). The maximum Gasteiger partial charge on any atom is 0.329 e. The van der Waals surface area contributed by atoms with Gasteiger partial charge in [-0.25, -0.2) is 4.79 Å². The molecule has 4 heteroatoms. The molecule has 1 saturated carbocycles. The molecule has 1 fully saturated rings. The number of nitrogens with one attached hydrogen (secondary N) is 1. The second-order valence-electron chi connectivity index (χ2n) is 5.57. The predicted molar refractivity (Wildman–Crippen MR) is 65.6 cm³/mol. The Labute approximate surface area is 103 Å². The van der Waals surface area contributed by atoms with Gasteiger partial charge in [-0.15, -0.1) is 0 Å². The third-order valence-corrected chi connectivity index (χ3v) is 3.89. The summed E-state index contributed by atoms with van der Waals surface area (Å²) in [5.74, 6) is -0.302. The van der Waals surface area contributed by atoms with Gasteiger partial charge in [0.1, 0.15) is 5.54 Å². The van der Waals surface area contributed by atoms with Gasteiger partial charge in [-0.1, -0.05) is 33.6 Å². The average Bonchev–Trinajstić information content (AvgIpc) is 2.67. The normalized spacial score (nSPS) is 20.2. The van der Waals surface area contributed by atoms with Crippen LogP contribution in [0, 0.1) is 11.8 Å². The minimum atomic E-state index is -0.992. The summed E-state index contributed by atoms with van der Waals surface area (Å²) in [7, 11) is 0. The predicted octanol–water partition coefficient (Wildman–Crippen LogP) is 2.18. The van der Waals surface area contributed by atoms with Crippen molar-refractivity contribution < 1.29 is 14.7 Å². The van der Waals surface area contributed by atoms with E-state index in [0.717, 1.165) is 12.8 Å². The molecule has 0 bridgehead atoms. The first kappa shape index (κ1) is 14.0. The van der Waals surface area contributed by atoms with Gasteiger partial charge in [0, 0.05) is 6.42 Å². The summed E-state index contributed by atoms with van der Waals surface area (Å²) in [6.45, 7) is 6.16. The molecule has 1 amide bonds. The zero-order valence-corrected chi connectivity index (χ0v) is 11.0. The topological polar surface area (TPSA) is 66.4 Å². The average molecular weight is 241 g/mol. The zero-order chi connectivity index (χ0) is 13.1. The molecule has 0 heterocycles. The lowest BCUT2D eigenvalue weighted by molar-refractivity contribution is -0.147. The standard InChI is InChI=1S/C13H23NO3/c1-9(2)10(3)8-11(15)14-13(12(16)17)6-4-5-7-13/h9-10H,4-8H2,1-3H3,(H,14,15)(H,16,17). The Kier molecular flexibility index (Phi) is 4.54. The molecular weight excluding hydrogens is 218 g/mol. The van der Waals surface area contributed by atoms with E-state index in [1.54, 1.807) is 0 Å². The molecule has 1 aliphatic carbocycles. The van der Waals surface area contributed by atoms with Crippen molar-refractivity contribution in [2.75, 3.05) is 0 Å². The van der Waals surface area contributed by atoms with Crippen LogP contribution in [0.4, 0.5) is 0 Å². The van der Waals surface area contributed by atoms with E-state index in [2.05, 4.69) is 19.2 Å². The Bertz CT molecular complexity index is 293. The van der Waals surface area contributed by atoms with E-state index in [1.807, 2.05) is 6.92 Å². The van der Waals surface area contributed by atoms with Crippen molar-refractivity contribution in [2.24, 2.45) is 11.8 Å². The van der Waals surface area contributed by atoms with E-state index in [-0.39, 0.29) is 11.8 Å². The molecule has 0 aromatic carbocycles. The van der Waals surface area contributed by atoms with E-state index in [9.17, 15) is 14.7 Å². The number of carboxylic acids is 1. The van der Waals surface area contributed by atoms with Crippen molar-refractivity contribution in [3.8, 4) is 0 Å². The SMILES string of the molecule is CC(C)C(C)CC(=O)NC1(C(=O)O)CCCC1. The molecule has 0 aromatic rings. The summed E-state index contributed by atoms with van der Waals surface area (Å²) in [6.07, 6.45) is 3.29. The van der Waals surface area contributed by atoms with Gasteiger partial charge in [0.2, 0.25) is 5.91 Å². The number of hydrogen-bond acceptors (Lipinski definition) is 2. The molecule has 1 atom stereocenters. The van der Waals surface area contributed by atoms with E-state index >= 15 is 0 Å². The first-order valence-corrected chi connectivity index (χ1v) is 6.42. The Morgan fingerprint density at radius 1 is 1.24 bits per heavy atom. The van der Waals surface area contributed by atoms with Crippen molar-refractivity contribution in [2.45, 2.75) is 58.4 Å². The molecule has 1 aliphatic rings. The zero-order valence-electron chi connectivity index (χ0n) is 11.0. The van der Waals surface area contributed by atoms with Gasteiger partial charge in [-0.3, -0.25) is 4.79 Å². The van der Waals surface area contributed by atoms with Gasteiger partial charge in [-0.05, 0) is 24.7 Å². The highest BCUT2D eigenvalue weighted by atomic mass is 16.4. The van der Waals surface area contributed by atoms with Crippen molar-refractivity contribution in [1.82, 2.24) is 5.32 Å². The number of rotatable bonds is 5. The van der Waals surface area contributed by atoms with Crippen LogP contribution in [0.1, 0.15) is 52.9 Å². The maximum atomic E-state index is 11.8. The second kappa shape index (κ2) is 5.52. The first-order chi connectivity index (χ1) is 7.87. The van der Waals surface area contributed by atoms with Crippen LogP contribution in [0.5, 0.6) is 0 Å². The molecular formula is C13H23NO3. The number of aliphatic carboxylic acids is 1. The van der Waals surface area contributed by atoms with Crippen LogP contribution in [-0.2, 0) is 9.59 Å². The highest BCUT2D eigenvalue weighted by Gasteiger charge is 2.42. The summed E-state index contributed by atoms with van der Waals surface area (Å²) in [6, 6.07) is 0. The summed E-state index contributed by atoms with van der Waals surface area (Å²) in [5.41, 5.74) is -0.992. The maximum absolute atomic E-state index is 11.8. The van der Waals surface area contributed by atoms with Gasteiger partial charge >= 0.3 is 5.97 Å². The van der Waals surface area contributed by atoms with Crippen LogP contribution < -0.4 is 5.32 Å². The fraction of sp³-hybridized carbons (Fsp3) is 0.846. The first-order valence-electron chi connectivity index (χ1n) is 6.42. The number of carbonyl (C=O) groups excluding carboxylic acids is 1. The van der Waals surface area contributed by atoms with Crippen molar-refractivity contribution >= 4 is 11.9 Å². The Morgan fingerprint density at radius 2 is 1.76 bits per heavy atom. The minimum Gasteiger partial charge on any atom is -0.480 e. The van der Waals surface area contributed by atoms with Gasteiger partial charge in [0.25, 0.3) is 0 Å². The largest absolute Gasteiger partial charge is 0.480 e. The Morgan fingerprint density at radius 3 is 2.18 bits per heavy atom. The molecule has 17 heavy (non-hydrogen) atoms. The number of hydrogen-bond donors (Lipinski definition) is 2. The van der Waals surface area contributed by atoms with E-state index in [0.29, 0.717) is 25.2 Å². The van der Waals surface area contributed by atoms with Crippen LogP contribution in [0.2, 0.25) is 0 Å². The monoisotopic (exact) mass is 241 g/mol. The van der Waals surface area contributed by atoms with Gasteiger partial charge in [-0.2, -0.15) is 0 Å². The summed E-state index contributed by atoms with van der Waals surface area (Å²) < 4.78 is 0. The fourth-order valence-electron chi connectivity index (χ4n) is 2.22. The van der Waals surface area contributed by atoms with Gasteiger partial charge in [0.15, 0.2) is 0 Å². The van der Waals surface area contributed by atoms with E-state index in [4.69, 9.17) is 0 Å². The van der Waals surface area contributed by atoms with Crippen molar-refractivity contribution in [3.63, 3.8) is 0 Å². The molecule has 0 radical (unpaired) electrons. The summed E-state index contributed by atoms with van der Waals surface area (Å²) in [5, 5.41) is 12.0. The highest BCUT2D eigenvalue weighted by Crippen LogP contribution is 2.30. The summed E-state index contributed by atoms with van der Waals surface area (Å²) in [4.78, 5) is 23.1. The lowest BCUT2D eigenvalue weighted by Crippen LogP contribution is -2.52. The quantitative estimate of drug-likeness (QED) is 0.775. The van der Waals surface area contributed by atoms with Crippen LogP contribution in [0.3, 0.4) is 0 Å². The van der Waals surface area contributed by atoms with Crippen molar-refractivity contribution in [3.05, 3.63) is 0 Å². The lowest BCUT2D eigenvalue weighted by Gasteiger charge is -2.26. The third kappa shape index (κ3) is 3.45. The molecule has 4 nitrogen and oxygen atoms in total. The van der Waals surface area contributed by atoms with Crippen LogP contribution >= 0.6 is 0 Å². The summed E-state index contributed by atoms with van der Waals surface area (Å²) >= 11 is 0. The van der Waals surface area contributed by atoms with Gasteiger partial charge in [0.05, 0.1) is 0 Å². The number of amides is 1. The van der Waals surface area contributed by atoms with Crippen LogP contribution in [-0.4, -0.2) is 22.5 Å². The second-order valence-corrected chi connectivity index (χ2v) is 5.57. The van der Waals surface area contributed by atoms with Crippen LogP contribution in [0.15, 0.2) is 0 Å². The molecule has 0 aliphatic heterocycles. The molecule has 0 saturated heterocycles. The van der Waals surface area contributed by atoms with E-state index < -0.39 is 11.5 Å². The highest BCUT2D eigenvalue weighted by molar-refractivity contribution is 5.87. The molecule has 0 spiro atoms. The molecule has 0 aromatic heterocycles. The molecule has 98 valence electrons. The smallest absolute Gasteiger partial charge is 0.329 e. The van der Waals surface area contributed by atoms with Crippen LogP contribution in [0.25, 0.3) is 0 Å². The minimum absolute atomic E-state index is 0.129. The third-order valence-electron chi connectivity index (χ3n) is 3.89. The number of carboxylic acid groups (broad SMARTS) is 1. The van der Waals surface area contributed by atoms with Crippen molar-refractivity contribution in [1.29, 1.82) is 0 Å². The van der Waals surface area contributed by atoms with Gasteiger partial charge < -0.3 is 10.4 Å². The fourth-order valence-corrected chi connectivity index (χ4v) is 2.22.